The summed E-state index contributed by atoms with van der Waals surface area (Å²) < 4.78 is 8.82. The zero-order valence-corrected chi connectivity index (χ0v) is 28.6. The summed E-state index contributed by atoms with van der Waals surface area (Å²) in [5.74, 6) is 2.53. The van der Waals surface area contributed by atoms with Crippen LogP contribution in [0.15, 0.2) is 174 Å². The van der Waals surface area contributed by atoms with Crippen molar-refractivity contribution >= 4 is 42.6 Å². The first-order chi connectivity index (χ1) is 25.8. The van der Waals surface area contributed by atoms with E-state index in [9.17, 15) is 0 Å². The van der Waals surface area contributed by atoms with E-state index in [1.807, 2.05) is 72.8 Å². The molecule has 0 atom stereocenters. The van der Waals surface area contributed by atoms with Crippen molar-refractivity contribution in [2.75, 3.05) is 0 Å². The molecule has 0 amide bonds. The van der Waals surface area contributed by atoms with E-state index in [-0.39, 0.29) is 0 Å². The van der Waals surface area contributed by atoms with E-state index >= 15 is 0 Å². The number of thiophene rings is 1. The van der Waals surface area contributed by atoms with Gasteiger partial charge in [0.2, 0.25) is 5.89 Å². The molecule has 0 saturated carbocycles. The summed E-state index contributed by atoms with van der Waals surface area (Å²) in [4.78, 5) is 19.9. The first-order valence-electron chi connectivity index (χ1n) is 17.1. The third-order valence-electron chi connectivity index (χ3n) is 9.41. The lowest BCUT2D eigenvalue weighted by molar-refractivity contribution is 0.623. The Kier molecular flexibility index (Phi) is 7.25. The number of hydrogen-bond donors (Lipinski definition) is 0. The molecule has 244 valence electrons. The van der Waals surface area contributed by atoms with Crippen LogP contribution in [0.2, 0.25) is 0 Å². The van der Waals surface area contributed by atoms with Crippen molar-refractivity contribution in [3.8, 4) is 67.9 Å². The second kappa shape index (κ2) is 12.5. The van der Waals surface area contributed by atoms with Gasteiger partial charge in [-0.3, -0.25) is 0 Å². The highest BCUT2D eigenvalue weighted by Crippen LogP contribution is 2.44. The molecule has 0 N–H and O–H groups in total. The van der Waals surface area contributed by atoms with E-state index in [2.05, 4.69) is 97.1 Å². The Bertz CT molecular complexity index is 2880. The lowest BCUT2D eigenvalue weighted by Gasteiger charge is -2.12. The minimum Gasteiger partial charge on any atom is -0.435 e. The minimum absolute atomic E-state index is 0.625. The van der Waals surface area contributed by atoms with Gasteiger partial charge in [-0.05, 0) is 46.5 Å². The topological polar surface area (TPSA) is 64.7 Å². The molecule has 10 rings (SSSR count). The van der Waals surface area contributed by atoms with Gasteiger partial charge in [-0.15, -0.1) is 11.3 Å². The molecule has 0 radical (unpaired) electrons. The molecule has 10 aromatic rings. The maximum Gasteiger partial charge on any atom is 0.227 e. The largest absolute Gasteiger partial charge is 0.435 e. The van der Waals surface area contributed by atoms with Crippen LogP contribution in [0.25, 0.3) is 99.1 Å². The van der Waals surface area contributed by atoms with Crippen LogP contribution in [-0.2, 0) is 0 Å². The fourth-order valence-corrected chi connectivity index (χ4v) is 8.12. The molecule has 3 aromatic heterocycles. The van der Waals surface area contributed by atoms with Gasteiger partial charge in [0.15, 0.2) is 23.1 Å². The molecule has 0 fully saturated rings. The molecule has 3 heterocycles. The van der Waals surface area contributed by atoms with Crippen molar-refractivity contribution < 1.29 is 4.42 Å². The summed E-state index contributed by atoms with van der Waals surface area (Å²) >= 11 is 1.78. The number of oxazole rings is 1. The van der Waals surface area contributed by atoms with Crippen molar-refractivity contribution in [1.29, 1.82) is 0 Å². The van der Waals surface area contributed by atoms with Gasteiger partial charge in [-0.25, -0.2) is 19.9 Å². The molecule has 52 heavy (non-hydrogen) atoms. The molecular weight excluding hydrogens is 657 g/mol. The van der Waals surface area contributed by atoms with Crippen LogP contribution in [0.3, 0.4) is 0 Å². The molecule has 0 saturated heterocycles. The Morgan fingerprint density at radius 1 is 0.385 bits per heavy atom. The molecule has 0 spiro atoms. The smallest absolute Gasteiger partial charge is 0.227 e. The van der Waals surface area contributed by atoms with Gasteiger partial charge in [0.1, 0.15) is 5.52 Å². The van der Waals surface area contributed by atoms with E-state index in [0.29, 0.717) is 23.4 Å². The highest BCUT2D eigenvalue weighted by Gasteiger charge is 2.19. The average Bonchev–Trinajstić information content (AvgIpc) is 3.84. The number of hydrogen-bond acceptors (Lipinski definition) is 6. The Morgan fingerprint density at radius 3 is 1.63 bits per heavy atom. The third-order valence-corrected chi connectivity index (χ3v) is 10.6. The van der Waals surface area contributed by atoms with Crippen molar-refractivity contribution in [3.63, 3.8) is 0 Å². The Labute approximate surface area is 303 Å². The first kappa shape index (κ1) is 30.1. The molecule has 5 nitrogen and oxygen atoms in total. The summed E-state index contributed by atoms with van der Waals surface area (Å²) in [6.07, 6.45) is 0. The highest BCUT2D eigenvalue weighted by molar-refractivity contribution is 7.26. The van der Waals surface area contributed by atoms with E-state index < -0.39 is 0 Å². The van der Waals surface area contributed by atoms with Crippen molar-refractivity contribution in [1.82, 2.24) is 19.9 Å². The normalized spacial score (nSPS) is 11.5. The van der Waals surface area contributed by atoms with Gasteiger partial charge in [-0.1, -0.05) is 146 Å². The molecule has 0 aliphatic rings. The van der Waals surface area contributed by atoms with Crippen molar-refractivity contribution in [2.24, 2.45) is 0 Å². The van der Waals surface area contributed by atoms with Gasteiger partial charge in [0, 0.05) is 42.4 Å². The first-order valence-corrected chi connectivity index (χ1v) is 18.0. The lowest BCUT2D eigenvalue weighted by Crippen LogP contribution is -2.01. The summed E-state index contributed by atoms with van der Waals surface area (Å²) in [5, 5.41) is 2.27. The zero-order chi connectivity index (χ0) is 34.4. The molecule has 6 heteroatoms. The van der Waals surface area contributed by atoms with Gasteiger partial charge in [0.25, 0.3) is 0 Å². The monoisotopic (exact) mass is 684 g/mol. The highest BCUT2D eigenvalue weighted by atomic mass is 32.1. The van der Waals surface area contributed by atoms with Gasteiger partial charge >= 0.3 is 0 Å². The standard InChI is InChI=1S/C46H28N4OS/c1-4-13-29(14-5-1)34-19-10-11-20-36(34)45-49-43(31-15-6-2-7-16-31)48-44(50-45)32-25-23-30(24-26-32)35-21-12-22-37-40-39(52-42(35)37)28-27-38-41(40)51-46(47-38)33-17-8-3-9-18-33/h1-28H. The van der Waals surface area contributed by atoms with Crippen molar-refractivity contribution in [2.45, 2.75) is 0 Å². The maximum atomic E-state index is 6.44. The predicted octanol–water partition coefficient (Wildman–Crippen LogP) is 12.4. The zero-order valence-electron chi connectivity index (χ0n) is 27.8. The van der Waals surface area contributed by atoms with Crippen LogP contribution in [0, 0.1) is 0 Å². The Morgan fingerprint density at radius 2 is 0.923 bits per heavy atom. The van der Waals surface area contributed by atoms with Crippen molar-refractivity contribution in [3.05, 3.63) is 170 Å². The summed E-state index contributed by atoms with van der Waals surface area (Å²) in [6.45, 7) is 0. The lowest BCUT2D eigenvalue weighted by atomic mass is 9.99. The molecule has 0 aliphatic carbocycles. The fraction of sp³-hybridized carbons (Fsp3) is 0. The minimum atomic E-state index is 0.625. The Balaban J connectivity index is 1.07. The quantitative estimate of drug-likeness (QED) is 0.174. The maximum absolute atomic E-state index is 6.44. The van der Waals surface area contributed by atoms with Crippen LogP contribution in [-0.4, -0.2) is 19.9 Å². The molecular formula is C46H28N4OS. The molecule has 0 aliphatic heterocycles. The number of benzene rings is 7. The number of nitrogens with zero attached hydrogens (tertiary/aromatic N) is 4. The number of fused-ring (bicyclic) bond motifs is 5. The van der Waals surface area contributed by atoms with E-state index in [0.717, 1.165) is 60.8 Å². The summed E-state index contributed by atoms with van der Waals surface area (Å²) in [5.41, 5.74) is 9.94. The fourth-order valence-electron chi connectivity index (χ4n) is 6.89. The van der Waals surface area contributed by atoms with Crippen LogP contribution in [0.5, 0.6) is 0 Å². The number of rotatable bonds is 6. The van der Waals surface area contributed by atoms with E-state index in [1.54, 1.807) is 11.3 Å². The number of aromatic nitrogens is 4. The van der Waals surface area contributed by atoms with E-state index in [4.69, 9.17) is 24.4 Å². The second-order valence-electron chi connectivity index (χ2n) is 12.6. The van der Waals surface area contributed by atoms with E-state index in [1.165, 1.54) is 15.0 Å². The van der Waals surface area contributed by atoms with Gasteiger partial charge in [0.05, 0.1) is 0 Å². The van der Waals surface area contributed by atoms with Crippen LogP contribution < -0.4 is 0 Å². The summed E-state index contributed by atoms with van der Waals surface area (Å²) in [6, 6.07) is 58.1. The van der Waals surface area contributed by atoms with Crippen LogP contribution >= 0.6 is 11.3 Å². The average molecular weight is 685 g/mol. The second-order valence-corrected chi connectivity index (χ2v) is 13.7. The van der Waals surface area contributed by atoms with Crippen LogP contribution in [0.4, 0.5) is 0 Å². The SMILES string of the molecule is c1ccc(-c2nc(-c3ccc(-c4cccc5c4sc4ccc6nc(-c7ccccc7)oc6c45)cc3)nc(-c3ccccc3-c3ccccc3)n2)cc1. The Hall–Kier alpha value is -6.76. The van der Waals surface area contributed by atoms with Gasteiger partial charge < -0.3 is 4.42 Å². The summed E-state index contributed by atoms with van der Waals surface area (Å²) in [7, 11) is 0. The predicted molar refractivity (Wildman–Crippen MR) is 213 cm³/mol. The van der Waals surface area contributed by atoms with Gasteiger partial charge in [-0.2, -0.15) is 0 Å². The van der Waals surface area contributed by atoms with Crippen LogP contribution in [0.1, 0.15) is 0 Å². The molecule has 0 unspecified atom stereocenters. The molecule has 0 bridgehead atoms. The third kappa shape index (κ3) is 5.25. The molecule has 7 aromatic carbocycles.